The summed E-state index contributed by atoms with van der Waals surface area (Å²) in [6.45, 7) is 0.572. The van der Waals surface area contributed by atoms with Crippen LogP contribution in [-0.4, -0.2) is 53.3 Å². The van der Waals surface area contributed by atoms with Crippen molar-refractivity contribution < 1.29 is 18.3 Å². The Bertz CT molecular complexity index is 1460. The van der Waals surface area contributed by atoms with Gasteiger partial charge in [0.25, 0.3) is 10.0 Å². The van der Waals surface area contributed by atoms with Gasteiger partial charge in [-0.1, -0.05) is 29.8 Å². The summed E-state index contributed by atoms with van der Waals surface area (Å²) in [5, 5.41) is 13.9. The number of sulfonamides is 1. The van der Waals surface area contributed by atoms with Gasteiger partial charge >= 0.3 is 0 Å². The van der Waals surface area contributed by atoms with E-state index in [0.717, 1.165) is 26.4 Å². The Hall–Kier alpha value is -2.50. The third-order valence-corrected chi connectivity index (χ3v) is 9.86. The zero-order valence-electron chi connectivity index (χ0n) is 17.1. The molecule has 0 atom stereocenters. The van der Waals surface area contributed by atoms with Crippen molar-refractivity contribution in [3.63, 3.8) is 0 Å². The quantitative estimate of drug-likeness (QED) is 0.421. The first-order valence-electron chi connectivity index (χ1n) is 10.0. The molecule has 0 radical (unpaired) electrons. The standard InChI is InChI=1S/C22H18ClN3O4S3/c23-15-6-5-14-9-22(32-19(14)10-15)33(29,30)26-8-7-25(21(28)12-26)11-20-24-17(13-31-20)16-3-1-2-4-18(16)27/h1-6,9-10,13,27H,7-8,11-12H2. The molecule has 1 fully saturated rings. The van der Waals surface area contributed by atoms with Gasteiger partial charge in [-0.3, -0.25) is 4.79 Å². The van der Waals surface area contributed by atoms with Crippen molar-refractivity contribution in [1.82, 2.24) is 14.2 Å². The number of benzene rings is 2. The number of aromatic hydroxyl groups is 1. The van der Waals surface area contributed by atoms with Crippen molar-refractivity contribution in [3.05, 3.63) is 63.9 Å². The van der Waals surface area contributed by atoms with Crippen LogP contribution in [0.15, 0.2) is 58.1 Å². The highest BCUT2D eigenvalue weighted by atomic mass is 35.5. The largest absolute Gasteiger partial charge is 0.507 e. The van der Waals surface area contributed by atoms with Crippen LogP contribution in [0, 0.1) is 0 Å². The van der Waals surface area contributed by atoms with E-state index >= 15 is 0 Å². The fourth-order valence-electron chi connectivity index (χ4n) is 3.65. The molecule has 0 aliphatic carbocycles. The number of carbonyl (C=O) groups is 1. The molecule has 0 unspecified atom stereocenters. The molecule has 1 aliphatic rings. The first kappa shape index (κ1) is 22.3. The van der Waals surface area contributed by atoms with E-state index in [1.807, 2.05) is 11.4 Å². The number of fused-ring (bicyclic) bond motifs is 1. The molecule has 1 N–H and O–H groups in total. The maximum Gasteiger partial charge on any atom is 0.253 e. The highest BCUT2D eigenvalue weighted by Crippen LogP contribution is 2.33. The van der Waals surface area contributed by atoms with Crippen LogP contribution in [0.2, 0.25) is 5.02 Å². The fourth-order valence-corrected chi connectivity index (χ4v) is 7.67. The summed E-state index contributed by atoms with van der Waals surface area (Å²) in [4.78, 5) is 18.9. The van der Waals surface area contributed by atoms with E-state index in [1.165, 1.54) is 15.6 Å². The number of aromatic nitrogens is 1. The molecule has 2 aromatic carbocycles. The minimum Gasteiger partial charge on any atom is -0.507 e. The second-order valence-electron chi connectivity index (χ2n) is 7.55. The zero-order chi connectivity index (χ0) is 23.2. The van der Waals surface area contributed by atoms with Crippen LogP contribution >= 0.6 is 34.3 Å². The Kier molecular flexibility index (Phi) is 5.87. The second kappa shape index (κ2) is 8.69. The van der Waals surface area contributed by atoms with E-state index < -0.39 is 10.0 Å². The van der Waals surface area contributed by atoms with Crippen molar-refractivity contribution in [2.45, 2.75) is 10.8 Å². The minimum absolute atomic E-state index is 0.146. The third kappa shape index (κ3) is 4.36. The van der Waals surface area contributed by atoms with Gasteiger partial charge in [0.15, 0.2) is 0 Å². The summed E-state index contributed by atoms with van der Waals surface area (Å²) < 4.78 is 28.5. The Balaban J connectivity index is 1.29. The molecule has 1 aliphatic heterocycles. The van der Waals surface area contributed by atoms with Gasteiger partial charge in [-0.05, 0) is 35.7 Å². The first-order chi connectivity index (χ1) is 15.8. The third-order valence-electron chi connectivity index (χ3n) is 5.40. The summed E-state index contributed by atoms with van der Waals surface area (Å²) in [5.74, 6) is -0.124. The number of hydrogen-bond donors (Lipinski definition) is 1. The maximum atomic E-state index is 13.1. The first-order valence-corrected chi connectivity index (χ1v) is 13.5. The topological polar surface area (TPSA) is 90.8 Å². The number of halogens is 1. The molecular formula is C22H18ClN3O4S3. The Morgan fingerprint density at radius 1 is 1.12 bits per heavy atom. The van der Waals surface area contributed by atoms with Gasteiger partial charge in [-0.2, -0.15) is 4.31 Å². The average Bonchev–Trinajstić information content (AvgIpc) is 3.42. The number of rotatable bonds is 5. The Labute approximate surface area is 203 Å². The highest BCUT2D eigenvalue weighted by Gasteiger charge is 2.34. The summed E-state index contributed by atoms with van der Waals surface area (Å²) in [6.07, 6.45) is 0. The number of phenols is 1. The van der Waals surface area contributed by atoms with Crippen molar-refractivity contribution in [2.75, 3.05) is 19.6 Å². The monoisotopic (exact) mass is 519 g/mol. The van der Waals surface area contributed by atoms with Gasteiger partial charge in [0.05, 0.1) is 18.8 Å². The molecule has 170 valence electrons. The predicted molar refractivity (Wildman–Crippen MR) is 130 cm³/mol. The second-order valence-corrected chi connectivity index (χ2v) is 12.2. The van der Waals surface area contributed by atoms with E-state index in [-0.39, 0.29) is 35.5 Å². The lowest BCUT2D eigenvalue weighted by atomic mass is 10.1. The van der Waals surface area contributed by atoms with Gasteiger partial charge in [-0.15, -0.1) is 22.7 Å². The van der Waals surface area contributed by atoms with Crippen molar-refractivity contribution in [1.29, 1.82) is 0 Å². The molecule has 11 heteroatoms. The van der Waals surface area contributed by atoms with Crippen molar-refractivity contribution >= 4 is 60.3 Å². The number of carbonyl (C=O) groups excluding carboxylic acids is 1. The number of hydrogen-bond acceptors (Lipinski definition) is 7. The number of amides is 1. The van der Waals surface area contributed by atoms with Gasteiger partial charge in [0.2, 0.25) is 5.91 Å². The molecule has 3 heterocycles. The molecule has 0 saturated carbocycles. The number of para-hydroxylation sites is 1. The molecule has 2 aromatic heterocycles. The molecular weight excluding hydrogens is 502 g/mol. The summed E-state index contributed by atoms with van der Waals surface area (Å²) in [6, 6.07) is 13.8. The van der Waals surface area contributed by atoms with Crippen LogP contribution < -0.4 is 0 Å². The molecule has 1 amide bonds. The fraction of sp³-hybridized carbons (Fsp3) is 0.182. The van der Waals surface area contributed by atoms with Crippen molar-refractivity contribution in [2.24, 2.45) is 0 Å². The summed E-state index contributed by atoms with van der Waals surface area (Å²) in [5.41, 5.74) is 1.28. The average molecular weight is 520 g/mol. The van der Waals surface area contributed by atoms with Gasteiger partial charge in [0.1, 0.15) is 15.0 Å². The number of thiazole rings is 1. The number of nitrogens with zero attached hydrogens (tertiary/aromatic N) is 3. The predicted octanol–water partition coefficient (Wildman–Crippen LogP) is 4.42. The molecule has 33 heavy (non-hydrogen) atoms. The molecule has 0 bridgehead atoms. The lowest BCUT2D eigenvalue weighted by Crippen LogP contribution is -2.51. The lowest BCUT2D eigenvalue weighted by molar-refractivity contribution is -0.134. The minimum atomic E-state index is -3.78. The maximum absolute atomic E-state index is 13.1. The van der Waals surface area contributed by atoms with Gasteiger partial charge in [0, 0.05) is 33.8 Å². The number of thiophene rings is 1. The van der Waals surface area contributed by atoms with Gasteiger partial charge in [-0.25, -0.2) is 13.4 Å². The van der Waals surface area contributed by atoms with Crippen LogP contribution in [0.3, 0.4) is 0 Å². The van der Waals surface area contributed by atoms with E-state index in [2.05, 4.69) is 4.98 Å². The summed E-state index contributed by atoms with van der Waals surface area (Å²) >= 11 is 8.57. The van der Waals surface area contributed by atoms with Crippen LogP contribution in [-0.2, 0) is 21.4 Å². The van der Waals surface area contributed by atoms with E-state index in [0.29, 0.717) is 22.8 Å². The summed E-state index contributed by atoms with van der Waals surface area (Å²) in [7, 11) is -3.78. The lowest BCUT2D eigenvalue weighted by Gasteiger charge is -2.32. The zero-order valence-corrected chi connectivity index (χ0v) is 20.3. The van der Waals surface area contributed by atoms with E-state index in [4.69, 9.17) is 11.6 Å². The Morgan fingerprint density at radius 3 is 2.73 bits per heavy atom. The van der Waals surface area contributed by atoms with Crippen molar-refractivity contribution in [3.8, 4) is 17.0 Å². The van der Waals surface area contributed by atoms with Crippen LogP contribution in [0.4, 0.5) is 0 Å². The normalized spacial score (nSPS) is 15.4. The van der Waals surface area contributed by atoms with Crippen LogP contribution in [0.5, 0.6) is 5.75 Å². The van der Waals surface area contributed by atoms with E-state index in [1.54, 1.807) is 47.4 Å². The van der Waals surface area contributed by atoms with Crippen LogP contribution in [0.25, 0.3) is 21.3 Å². The molecule has 7 nitrogen and oxygen atoms in total. The van der Waals surface area contributed by atoms with E-state index in [9.17, 15) is 18.3 Å². The van der Waals surface area contributed by atoms with Gasteiger partial charge < -0.3 is 10.0 Å². The Morgan fingerprint density at radius 2 is 1.94 bits per heavy atom. The smallest absolute Gasteiger partial charge is 0.253 e. The molecule has 5 rings (SSSR count). The molecule has 4 aromatic rings. The molecule has 1 saturated heterocycles. The highest BCUT2D eigenvalue weighted by molar-refractivity contribution is 7.91. The number of phenolic OH excluding ortho intramolecular Hbond substituents is 1. The number of piperazine rings is 1. The molecule has 0 spiro atoms. The SMILES string of the molecule is O=C1CN(S(=O)(=O)c2cc3ccc(Cl)cc3s2)CCN1Cc1nc(-c2ccccc2O)cs1. The van der Waals surface area contributed by atoms with Crippen LogP contribution in [0.1, 0.15) is 5.01 Å².